The highest BCUT2D eigenvalue weighted by Crippen LogP contribution is 2.34. The van der Waals surface area contributed by atoms with Crippen molar-refractivity contribution in [3.8, 4) is 11.5 Å². The van der Waals surface area contributed by atoms with E-state index in [9.17, 15) is 4.79 Å². The average Bonchev–Trinajstić information content (AvgIpc) is 2.78. The first-order chi connectivity index (χ1) is 10.2. The van der Waals surface area contributed by atoms with Gasteiger partial charge in [0.2, 0.25) is 5.78 Å². The minimum atomic E-state index is -0.113. The van der Waals surface area contributed by atoms with Crippen LogP contribution in [0.25, 0.3) is 6.08 Å². The fraction of sp³-hybridized carbons (Fsp3) is 0.118. The number of benzene rings is 2. The molecule has 3 rings (SSSR count). The van der Waals surface area contributed by atoms with Gasteiger partial charge in [-0.1, -0.05) is 34.1 Å². The number of ketones is 1. The van der Waals surface area contributed by atoms with Crippen LogP contribution in [0.1, 0.15) is 22.8 Å². The molecule has 0 unspecified atom stereocenters. The highest BCUT2D eigenvalue weighted by atomic mass is 79.9. The molecule has 0 fully saturated rings. The third-order valence-corrected chi connectivity index (χ3v) is 3.63. The maximum absolute atomic E-state index is 12.4. The predicted molar refractivity (Wildman–Crippen MR) is 84.7 cm³/mol. The van der Waals surface area contributed by atoms with Crippen LogP contribution in [-0.4, -0.2) is 12.4 Å². The van der Waals surface area contributed by atoms with E-state index in [1.54, 1.807) is 18.2 Å². The Labute approximate surface area is 131 Å². The second kappa shape index (κ2) is 5.74. The second-order valence-electron chi connectivity index (χ2n) is 4.55. The van der Waals surface area contributed by atoms with Crippen LogP contribution >= 0.6 is 15.9 Å². The van der Waals surface area contributed by atoms with Crippen molar-refractivity contribution in [2.75, 3.05) is 6.61 Å². The summed E-state index contributed by atoms with van der Waals surface area (Å²) >= 11 is 3.36. The van der Waals surface area contributed by atoms with Crippen LogP contribution in [0.5, 0.6) is 11.5 Å². The highest BCUT2D eigenvalue weighted by molar-refractivity contribution is 9.10. The van der Waals surface area contributed by atoms with E-state index >= 15 is 0 Å². The van der Waals surface area contributed by atoms with Gasteiger partial charge < -0.3 is 9.47 Å². The Morgan fingerprint density at radius 3 is 2.86 bits per heavy atom. The zero-order valence-corrected chi connectivity index (χ0v) is 13.0. The summed E-state index contributed by atoms with van der Waals surface area (Å²) in [5.41, 5.74) is 1.40. The largest absolute Gasteiger partial charge is 0.493 e. The number of rotatable bonds is 3. The van der Waals surface area contributed by atoms with Gasteiger partial charge in [-0.05, 0) is 37.3 Å². The highest BCUT2D eigenvalue weighted by Gasteiger charge is 2.27. The van der Waals surface area contributed by atoms with E-state index in [1.807, 2.05) is 37.3 Å². The smallest absolute Gasteiger partial charge is 0.232 e. The number of hydrogen-bond donors (Lipinski definition) is 0. The summed E-state index contributed by atoms with van der Waals surface area (Å²) in [4.78, 5) is 12.4. The third-order valence-electron chi connectivity index (χ3n) is 3.14. The van der Waals surface area contributed by atoms with Gasteiger partial charge in [0.25, 0.3) is 0 Å². The lowest BCUT2D eigenvalue weighted by Crippen LogP contribution is -1.99. The number of Topliss-reactive ketones (excluding diaryl/α,β-unsaturated/α-hetero) is 1. The maximum Gasteiger partial charge on any atom is 0.232 e. The second-order valence-corrected chi connectivity index (χ2v) is 5.47. The van der Waals surface area contributed by atoms with Gasteiger partial charge in [-0.3, -0.25) is 4.79 Å². The van der Waals surface area contributed by atoms with Crippen molar-refractivity contribution in [1.82, 2.24) is 0 Å². The molecule has 0 aromatic heterocycles. The molecule has 21 heavy (non-hydrogen) atoms. The molecule has 2 aromatic rings. The normalized spacial score (nSPS) is 15.0. The van der Waals surface area contributed by atoms with E-state index < -0.39 is 0 Å². The van der Waals surface area contributed by atoms with E-state index in [2.05, 4.69) is 15.9 Å². The summed E-state index contributed by atoms with van der Waals surface area (Å²) in [5.74, 6) is 1.53. The van der Waals surface area contributed by atoms with Crippen molar-refractivity contribution >= 4 is 27.8 Å². The van der Waals surface area contributed by atoms with Crippen molar-refractivity contribution < 1.29 is 14.3 Å². The number of fused-ring (bicyclic) bond motifs is 1. The quantitative estimate of drug-likeness (QED) is 0.771. The number of allylic oxidation sites excluding steroid dienone is 1. The van der Waals surface area contributed by atoms with Crippen LogP contribution in [0.15, 0.2) is 52.7 Å². The number of ether oxygens (including phenoxy) is 2. The summed E-state index contributed by atoms with van der Waals surface area (Å²) in [6.45, 7) is 2.50. The SMILES string of the molecule is CCOc1ccccc1/C=C1\Oc2ccc(Br)cc2C1=O. The van der Waals surface area contributed by atoms with Crippen LogP contribution in [0, 0.1) is 0 Å². The molecule has 4 heteroatoms. The van der Waals surface area contributed by atoms with Gasteiger partial charge in [-0.25, -0.2) is 0 Å². The van der Waals surface area contributed by atoms with Gasteiger partial charge in [0.05, 0.1) is 12.2 Å². The van der Waals surface area contributed by atoms with Crippen LogP contribution in [0.2, 0.25) is 0 Å². The summed E-state index contributed by atoms with van der Waals surface area (Å²) in [5, 5.41) is 0. The van der Waals surface area contributed by atoms with E-state index in [4.69, 9.17) is 9.47 Å². The van der Waals surface area contributed by atoms with Crippen molar-refractivity contribution in [2.24, 2.45) is 0 Å². The first-order valence-corrected chi connectivity index (χ1v) is 7.44. The molecule has 1 aliphatic rings. The van der Waals surface area contributed by atoms with E-state index in [0.29, 0.717) is 23.7 Å². The minimum Gasteiger partial charge on any atom is -0.493 e. The number of carbonyl (C=O) groups is 1. The van der Waals surface area contributed by atoms with Gasteiger partial charge in [0.1, 0.15) is 11.5 Å². The molecule has 3 nitrogen and oxygen atoms in total. The molecule has 0 radical (unpaired) electrons. The fourth-order valence-electron chi connectivity index (χ4n) is 2.19. The van der Waals surface area contributed by atoms with Crippen molar-refractivity contribution in [3.05, 3.63) is 63.8 Å². The maximum atomic E-state index is 12.4. The molecular weight excluding hydrogens is 332 g/mol. The van der Waals surface area contributed by atoms with E-state index in [1.165, 1.54) is 0 Å². The minimum absolute atomic E-state index is 0.113. The van der Waals surface area contributed by atoms with Crippen molar-refractivity contribution in [3.63, 3.8) is 0 Å². The Bertz CT molecular complexity index is 735. The Kier molecular flexibility index (Phi) is 3.80. The third kappa shape index (κ3) is 2.72. The molecule has 2 aromatic carbocycles. The Balaban J connectivity index is 1.98. The van der Waals surface area contributed by atoms with E-state index in [0.717, 1.165) is 15.8 Å². The van der Waals surface area contributed by atoms with Crippen LogP contribution in [0.3, 0.4) is 0 Å². The first kappa shape index (κ1) is 13.9. The van der Waals surface area contributed by atoms with Crippen LogP contribution < -0.4 is 9.47 Å². The van der Waals surface area contributed by atoms with Crippen LogP contribution in [0.4, 0.5) is 0 Å². The summed E-state index contributed by atoms with van der Waals surface area (Å²) < 4.78 is 12.1. The van der Waals surface area contributed by atoms with Gasteiger partial charge >= 0.3 is 0 Å². The van der Waals surface area contributed by atoms with Crippen molar-refractivity contribution in [2.45, 2.75) is 6.92 Å². The zero-order valence-electron chi connectivity index (χ0n) is 11.4. The first-order valence-electron chi connectivity index (χ1n) is 6.64. The molecule has 0 bridgehead atoms. The van der Waals surface area contributed by atoms with E-state index in [-0.39, 0.29) is 5.78 Å². The number of carbonyl (C=O) groups excluding carboxylic acids is 1. The molecule has 106 valence electrons. The molecule has 0 saturated carbocycles. The topological polar surface area (TPSA) is 35.5 Å². The molecule has 1 heterocycles. The standard InChI is InChI=1S/C17H13BrO3/c1-2-20-14-6-4-3-5-11(14)9-16-17(19)13-10-12(18)7-8-15(13)21-16/h3-10H,2H2,1H3/b16-9-. The molecule has 0 atom stereocenters. The lowest BCUT2D eigenvalue weighted by Gasteiger charge is -2.07. The number of para-hydroxylation sites is 1. The summed E-state index contributed by atoms with van der Waals surface area (Å²) in [7, 11) is 0. The molecule has 0 amide bonds. The number of halogens is 1. The van der Waals surface area contributed by atoms with Crippen LogP contribution in [-0.2, 0) is 0 Å². The molecule has 0 saturated heterocycles. The van der Waals surface area contributed by atoms with Gasteiger partial charge in [-0.2, -0.15) is 0 Å². The zero-order chi connectivity index (χ0) is 14.8. The van der Waals surface area contributed by atoms with Gasteiger partial charge in [0.15, 0.2) is 5.76 Å². The number of hydrogen-bond acceptors (Lipinski definition) is 3. The average molecular weight is 345 g/mol. The Hall–Kier alpha value is -2.07. The van der Waals surface area contributed by atoms with Gasteiger partial charge in [-0.15, -0.1) is 0 Å². The molecule has 0 spiro atoms. The predicted octanol–water partition coefficient (Wildman–Crippen LogP) is 4.46. The Morgan fingerprint density at radius 2 is 2.05 bits per heavy atom. The molecule has 0 aliphatic carbocycles. The van der Waals surface area contributed by atoms with Gasteiger partial charge in [0, 0.05) is 10.0 Å². The van der Waals surface area contributed by atoms with Crippen molar-refractivity contribution in [1.29, 1.82) is 0 Å². The monoisotopic (exact) mass is 344 g/mol. The molecule has 0 N–H and O–H groups in total. The summed E-state index contributed by atoms with van der Waals surface area (Å²) in [6.07, 6.45) is 1.72. The lowest BCUT2D eigenvalue weighted by atomic mass is 10.1. The lowest BCUT2D eigenvalue weighted by molar-refractivity contribution is 0.101. The fourth-order valence-corrected chi connectivity index (χ4v) is 2.55. The molecule has 1 aliphatic heterocycles. The summed E-state index contributed by atoms with van der Waals surface area (Å²) in [6, 6.07) is 13.0. The molecular formula is C17H13BrO3. The Morgan fingerprint density at radius 1 is 1.24 bits per heavy atom.